The number of ether oxygens (including phenoxy) is 1. The molecule has 0 saturated heterocycles. The number of carbonyl (C=O) groups excluding carboxylic acids is 1. The van der Waals surface area contributed by atoms with Crippen LogP contribution >= 0.6 is 0 Å². The highest BCUT2D eigenvalue weighted by Crippen LogP contribution is 2.32. The van der Waals surface area contributed by atoms with E-state index in [1.54, 1.807) is 36.7 Å². The smallest absolute Gasteiger partial charge is 0.350 e. The van der Waals surface area contributed by atoms with E-state index in [1.807, 2.05) is 0 Å². The van der Waals surface area contributed by atoms with Crippen molar-refractivity contribution in [3.63, 3.8) is 0 Å². The number of nitrogens with one attached hydrogen (secondary N) is 1. The molecular weight excluding hydrogens is 314 g/mol. The molecule has 1 aromatic heterocycles. The van der Waals surface area contributed by atoms with Crippen LogP contribution in [-0.2, 0) is 10.7 Å². The average molecular weight is 328 g/mol. The van der Waals surface area contributed by atoms with Crippen LogP contribution in [0.15, 0.2) is 60.9 Å². The summed E-state index contributed by atoms with van der Waals surface area (Å²) in [7, 11) is 1.44. The number of methoxy groups -OCH3 is 1. The molecule has 1 heterocycles. The van der Waals surface area contributed by atoms with Crippen molar-refractivity contribution in [2.75, 3.05) is 12.4 Å². The van der Waals surface area contributed by atoms with Gasteiger partial charge in [-0.05, 0) is 36.4 Å². The second kappa shape index (κ2) is 6.23. The van der Waals surface area contributed by atoms with Crippen LogP contribution < -0.4 is 10.1 Å². The van der Waals surface area contributed by atoms with Crippen LogP contribution in [0.25, 0.3) is 10.8 Å². The van der Waals surface area contributed by atoms with Gasteiger partial charge in [0, 0.05) is 34.4 Å². The summed E-state index contributed by atoms with van der Waals surface area (Å²) in [6.07, 6.45) is 3.15. The standard InChI is InChI=1S/C18H14F2N2O2/c1-24-14-7-5-13(6-8-14)18(19,20)17(23)22-16-4-2-3-12-11-21-10-9-15(12)16/h2-11H,1H3,(H,22,23). The maximum atomic E-state index is 14.4. The molecule has 0 radical (unpaired) electrons. The van der Waals surface area contributed by atoms with Crippen LogP contribution in [0.2, 0.25) is 0 Å². The molecule has 0 fully saturated rings. The fourth-order valence-corrected chi connectivity index (χ4v) is 2.36. The number of anilines is 1. The molecule has 4 nitrogen and oxygen atoms in total. The number of rotatable bonds is 4. The lowest BCUT2D eigenvalue weighted by Crippen LogP contribution is -2.32. The first-order chi connectivity index (χ1) is 11.5. The topological polar surface area (TPSA) is 51.2 Å². The van der Waals surface area contributed by atoms with Gasteiger partial charge in [-0.25, -0.2) is 0 Å². The van der Waals surface area contributed by atoms with Crippen molar-refractivity contribution in [1.29, 1.82) is 0 Å². The number of aromatic nitrogens is 1. The molecule has 0 bridgehead atoms. The molecule has 0 atom stereocenters. The summed E-state index contributed by atoms with van der Waals surface area (Å²) in [4.78, 5) is 16.1. The third-order valence-electron chi connectivity index (χ3n) is 3.67. The van der Waals surface area contributed by atoms with Crippen molar-refractivity contribution in [2.45, 2.75) is 5.92 Å². The molecule has 2 aromatic carbocycles. The molecular formula is C18H14F2N2O2. The fraction of sp³-hybridized carbons (Fsp3) is 0.111. The minimum Gasteiger partial charge on any atom is -0.497 e. The molecule has 24 heavy (non-hydrogen) atoms. The van der Waals surface area contributed by atoms with Crippen LogP contribution in [0.1, 0.15) is 5.56 Å². The van der Waals surface area contributed by atoms with Gasteiger partial charge in [0.05, 0.1) is 7.11 Å². The van der Waals surface area contributed by atoms with E-state index >= 15 is 0 Å². The van der Waals surface area contributed by atoms with Crippen LogP contribution in [-0.4, -0.2) is 18.0 Å². The highest BCUT2D eigenvalue weighted by Gasteiger charge is 2.41. The quantitative estimate of drug-likeness (QED) is 0.788. The van der Waals surface area contributed by atoms with Gasteiger partial charge in [-0.2, -0.15) is 8.78 Å². The van der Waals surface area contributed by atoms with Crippen LogP contribution in [0.5, 0.6) is 5.75 Å². The van der Waals surface area contributed by atoms with Gasteiger partial charge < -0.3 is 10.1 Å². The zero-order valence-electron chi connectivity index (χ0n) is 12.8. The first-order valence-corrected chi connectivity index (χ1v) is 7.19. The summed E-state index contributed by atoms with van der Waals surface area (Å²) in [6.45, 7) is 0. The van der Waals surface area contributed by atoms with Crippen molar-refractivity contribution in [3.8, 4) is 5.75 Å². The Morgan fingerprint density at radius 3 is 2.58 bits per heavy atom. The highest BCUT2D eigenvalue weighted by atomic mass is 19.3. The Kier molecular flexibility index (Phi) is 4.12. The number of carbonyl (C=O) groups is 1. The van der Waals surface area contributed by atoms with Gasteiger partial charge in [-0.15, -0.1) is 0 Å². The Labute approximate surface area is 137 Å². The molecule has 0 unspecified atom stereocenters. The average Bonchev–Trinajstić information content (AvgIpc) is 2.62. The maximum Gasteiger partial charge on any atom is 0.350 e. The lowest BCUT2D eigenvalue weighted by molar-refractivity contribution is -0.140. The van der Waals surface area contributed by atoms with Crippen molar-refractivity contribution in [2.24, 2.45) is 0 Å². The first-order valence-electron chi connectivity index (χ1n) is 7.19. The first kappa shape index (κ1) is 15.9. The predicted octanol–water partition coefficient (Wildman–Crippen LogP) is 3.97. The van der Waals surface area contributed by atoms with Gasteiger partial charge >= 0.3 is 5.92 Å². The number of hydrogen-bond donors (Lipinski definition) is 1. The number of amides is 1. The summed E-state index contributed by atoms with van der Waals surface area (Å²) in [5.41, 5.74) is -0.0872. The summed E-state index contributed by atoms with van der Waals surface area (Å²) < 4.78 is 33.7. The van der Waals surface area contributed by atoms with Crippen molar-refractivity contribution < 1.29 is 18.3 Å². The molecule has 1 N–H and O–H groups in total. The molecule has 6 heteroatoms. The SMILES string of the molecule is COc1ccc(C(F)(F)C(=O)Nc2cccc3cnccc23)cc1. The van der Waals surface area contributed by atoms with Gasteiger partial charge in [0.15, 0.2) is 0 Å². The number of nitrogens with zero attached hydrogens (tertiary/aromatic N) is 1. The molecule has 1 amide bonds. The number of alkyl halides is 2. The largest absolute Gasteiger partial charge is 0.497 e. The molecule has 0 aliphatic heterocycles. The van der Waals surface area contributed by atoms with Crippen LogP contribution in [0, 0.1) is 0 Å². The number of fused-ring (bicyclic) bond motifs is 1. The second-order valence-corrected chi connectivity index (χ2v) is 5.16. The minimum absolute atomic E-state index is 0.313. The molecule has 0 spiro atoms. The summed E-state index contributed by atoms with van der Waals surface area (Å²) in [5.74, 6) is -4.62. The van der Waals surface area contributed by atoms with Gasteiger partial charge in [-0.3, -0.25) is 9.78 Å². The van der Waals surface area contributed by atoms with Gasteiger partial charge in [-0.1, -0.05) is 12.1 Å². The summed E-state index contributed by atoms with van der Waals surface area (Å²) >= 11 is 0. The Hall–Kier alpha value is -3.02. The minimum atomic E-state index is -3.67. The normalized spacial score (nSPS) is 11.3. The van der Waals surface area contributed by atoms with Crippen molar-refractivity contribution in [3.05, 3.63) is 66.5 Å². The van der Waals surface area contributed by atoms with E-state index in [0.717, 1.165) is 5.39 Å². The molecule has 0 saturated carbocycles. The Balaban J connectivity index is 1.89. The zero-order chi connectivity index (χ0) is 17.2. The van der Waals surface area contributed by atoms with E-state index in [0.29, 0.717) is 16.8 Å². The number of halogens is 2. The van der Waals surface area contributed by atoms with Crippen molar-refractivity contribution >= 4 is 22.4 Å². The molecule has 3 rings (SSSR count). The predicted molar refractivity (Wildman–Crippen MR) is 87.3 cm³/mol. The Morgan fingerprint density at radius 2 is 1.88 bits per heavy atom. The monoisotopic (exact) mass is 328 g/mol. The lowest BCUT2D eigenvalue weighted by atomic mass is 10.1. The number of pyridine rings is 1. The van der Waals surface area contributed by atoms with E-state index in [-0.39, 0.29) is 0 Å². The van der Waals surface area contributed by atoms with Crippen LogP contribution in [0.4, 0.5) is 14.5 Å². The summed E-state index contributed by atoms with van der Waals surface area (Å²) in [5, 5.41) is 3.70. The number of hydrogen-bond acceptors (Lipinski definition) is 3. The van der Waals surface area contributed by atoms with Gasteiger partial charge in [0.1, 0.15) is 5.75 Å². The van der Waals surface area contributed by atoms with E-state index < -0.39 is 17.4 Å². The number of benzene rings is 2. The molecule has 3 aromatic rings. The fourth-order valence-electron chi connectivity index (χ4n) is 2.36. The third kappa shape index (κ3) is 2.90. The van der Waals surface area contributed by atoms with E-state index in [1.165, 1.54) is 31.4 Å². The second-order valence-electron chi connectivity index (χ2n) is 5.16. The molecule has 0 aliphatic carbocycles. The molecule has 0 aliphatic rings. The van der Waals surface area contributed by atoms with Crippen molar-refractivity contribution in [1.82, 2.24) is 4.98 Å². The maximum absolute atomic E-state index is 14.4. The van der Waals surface area contributed by atoms with Gasteiger partial charge in [0.25, 0.3) is 5.91 Å². The lowest BCUT2D eigenvalue weighted by Gasteiger charge is -2.17. The van der Waals surface area contributed by atoms with E-state index in [9.17, 15) is 13.6 Å². The summed E-state index contributed by atoms with van der Waals surface area (Å²) in [6, 6.07) is 11.8. The van der Waals surface area contributed by atoms with E-state index in [4.69, 9.17) is 4.74 Å². The van der Waals surface area contributed by atoms with E-state index in [2.05, 4.69) is 10.3 Å². The third-order valence-corrected chi connectivity index (χ3v) is 3.67. The Bertz CT molecular complexity index is 874. The van der Waals surface area contributed by atoms with Crippen LogP contribution in [0.3, 0.4) is 0 Å². The van der Waals surface area contributed by atoms with Gasteiger partial charge in [0.2, 0.25) is 0 Å². The Morgan fingerprint density at radius 1 is 1.12 bits per heavy atom. The molecule has 122 valence electrons. The zero-order valence-corrected chi connectivity index (χ0v) is 12.8. The highest BCUT2D eigenvalue weighted by molar-refractivity contribution is 6.04.